The Kier molecular flexibility index (Phi) is 4.11. The third-order valence-electron chi connectivity index (χ3n) is 2.13. The molecular weight excluding hydrogens is 188 g/mol. The van der Waals surface area contributed by atoms with Gasteiger partial charge in [-0.15, -0.1) is 0 Å². The molecule has 0 N–H and O–H groups in total. The lowest BCUT2D eigenvalue weighted by atomic mass is 10.2. The predicted octanol–water partition coefficient (Wildman–Crippen LogP) is 2.83. The van der Waals surface area contributed by atoms with Crippen LogP contribution >= 0.6 is 0 Å². The van der Waals surface area contributed by atoms with Gasteiger partial charge in [0.1, 0.15) is 11.6 Å². The number of rotatable bonds is 4. The van der Waals surface area contributed by atoms with E-state index in [2.05, 4.69) is 18.0 Å². The molecule has 80 valence electrons. The molecule has 0 fully saturated rings. The van der Waals surface area contributed by atoms with Crippen LogP contribution in [0.3, 0.4) is 0 Å². The van der Waals surface area contributed by atoms with E-state index in [1.165, 1.54) is 0 Å². The van der Waals surface area contributed by atoms with E-state index in [4.69, 9.17) is 10.00 Å². The average molecular weight is 204 g/mol. The van der Waals surface area contributed by atoms with E-state index in [1.54, 1.807) is 6.07 Å². The van der Waals surface area contributed by atoms with Crippen molar-refractivity contribution >= 4 is 0 Å². The van der Waals surface area contributed by atoms with Crippen LogP contribution in [0.1, 0.15) is 37.9 Å². The van der Waals surface area contributed by atoms with Gasteiger partial charge in [-0.05, 0) is 32.4 Å². The summed E-state index contributed by atoms with van der Waals surface area (Å²) in [5, 5.41) is 8.88. The predicted molar refractivity (Wildman–Crippen MR) is 58.7 cm³/mol. The first-order valence-corrected chi connectivity index (χ1v) is 5.21. The smallest absolute Gasteiger partial charge is 0.232 e. The quantitative estimate of drug-likeness (QED) is 0.757. The van der Waals surface area contributed by atoms with Gasteiger partial charge in [-0.1, -0.05) is 13.3 Å². The molecule has 0 saturated carbocycles. The number of hydrogen-bond acceptors (Lipinski definition) is 3. The summed E-state index contributed by atoms with van der Waals surface area (Å²) in [5.41, 5.74) is 1.37. The van der Waals surface area contributed by atoms with E-state index in [-0.39, 0.29) is 6.10 Å². The lowest BCUT2D eigenvalue weighted by molar-refractivity contribution is 0.200. The van der Waals surface area contributed by atoms with Gasteiger partial charge in [-0.3, -0.25) is 0 Å². The van der Waals surface area contributed by atoms with Gasteiger partial charge in [0, 0.05) is 5.69 Å². The molecule has 1 heterocycles. The van der Waals surface area contributed by atoms with Crippen molar-refractivity contribution in [1.82, 2.24) is 4.98 Å². The molecule has 0 aliphatic heterocycles. The molecule has 0 spiro atoms. The van der Waals surface area contributed by atoms with Crippen molar-refractivity contribution in [3.63, 3.8) is 0 Å². The standard InChI is InChI=1S/C12H16N2O/c1-4-5-10(3)15-12-11(8-13)7-6-9(2)14-12/h6-7,10H,4-5H2,1-3H3. The Hall–Kier alpha value is -1.56. The summed E-state index contributed by atoms with van der Waals surface area (Å²) in [6.07, 6.45) is 2.14. The first-order valence-electron chi connectivity index (χ1n) is 5.21. The van der Waals surface area contributed by atoms with Crippen LogP contribution in [-0.2, 0) is 0 Å². The molecule has 0 saturated heterocycles. The van der Waals surface area contributed by atoms with Crippen LogP contribution in [0.4, 0.5) is 0 Å². The maximum atomic E-state index is 8.88. The normalized spacial score (nSPS) is 11.9. The number of ether oxygens (including phenoxy) is 1. The largest absolute Gasteiger partial charge is 0.474 e. The van der Waals surface area contributed by atoms with Crippen molar-refractivity contribution in [1.29, 1.82) is 5.26 Å². The van der Waals surface area contributed by atoms with Crippen LogP contribution in [0.15, 0.2) is 12.1 Å². The third kappa shape index (κ3) is 3.25. The molecule has 1 atom stereocenters. The number of aromatic nitrogens is 1. The third-order valence-corrected chi connectivity index (χ3v) is 2.13. The van der Waals surface area contributed by atoms with Crippen molar-refractivity contribution < 1.29 is 4.74 Å². The number of nitrogens with zero attached hydrogens (tertiary/aromatic N) is 2. The average Bonchev–Trinajstić information content (AvgIpc) is 2.18. The van der Waals surface area contributed by atoms with Crippen LogP contribution < -0.4 is 4.74 Å². The zero-order valence-electron chi connectivity index (χ0n) is 9.45. The molecule has 3 heteroatoms. The lowest BCUT2D eigenvalue weighted by Gasteiger charge is -2.13. The van der Waals surface area contributed by atoms with Crippen molar-refractivity contribution in [2.45, 2.75) is 39.7 Å². The molecule has 0 aliphatic rings. The van der Waals surface area contributed by atoms with Gasteiger partial charge in [-0.2, -0.15) is 5.26 Å². The Balaban J connectivity index is 2.83. The summed E-state index contributed by atoms with van der Waals surface area (Å²) in [5.74, 6) is 0.457. The zero-order chi connectivity index (χ0) is 11.3. The minimum Gasteiger partial charge on any atom is -0.474 e. The van der Waals surface area contributed by atoms with Crippen LogP contribution in [-0.4, -0.2) is 11.1 Å². The minimum atomic E-state index is 0.108. The van der Waals surface area contributed by atoms with E-state index in [9.17, 15) is 0 Å². The second kappa shape index (κ2) is 5.35. The highest BCUT2D eigenvalue weighted by Gasteiger charge is 2.09. The number of pyridine rings is 1. The monoisotopic (exact) mass is 204 g/mol. The van der Waals surface area contributed by atoms with E-state index >= 15 is 0 Å². The summed E-state index contributed by atoms with van der Waals surface area (Å²) >= 11 is 0. The van der Waals surface area contributed by atoms with Crippen LogP contribution in [0.2, 0.25) is 0 Å². The maximum Gasteiger partial charge on any atom is 0.232 e. The Morgan fingerprint density at radius 1 is 1.53 bits per heavy atom. The Morgan fingerprint density at radius 2 is 2.27 bits per heavy atom. The molecule has 0 radical (unpaired) electrons. The second-order valence-corrected chi connectivity index (χ2v) is 3.63. The molecule has 3 nitrogen and oxygen atoms in total. The molecule has 1 unspecified atom stereocenters. The van der Waals surface area contributed by atoms with E-state index < -0.39 is 0 Å². The van der Waals surface area contributed by atoms with Crippen molar-refractivity contribution in [3.05, 3.63) is 23.4 Å². The highest BCUT2D eigenvalue weighted by molar-refractivity contribution is 5.38. The summed E-state index contributed by atoms with van der Waals surface area (Å²) in [7, 11) is 0. The van der Waals surface area contributed by atoms with E-state index in [0.717, 1.165) is 18.5 Å². The zero-order valence-corrected chi connectivity index (χ0v) is 9.45. The topological polar surface area (TPSA) is 45.9 Å². The molecule has 1 rings (SSSR count). The first kappa shape index (κ1) is 11.5. The molecule has 0 aliphatic carbocycles. The van der Waals surface area contributed by atoms with Gasteiger partial charge in [0.2, 0.25) is 5.88 Å². The van der Waals surface area contributed by atoms with Crippen LogP contribution in [0.25, 0.3) is 0 Å². The summed E-state index contributed by atoms with van der Waals surface area (Å²) in [4.78, 5) is 4.22. The van der Waals surface area contributed by atoms with Gasteiger partial charge in [0.05, 0.1) is 6.10 Å². The molecule has 15 heavy (non-hydrogen) atoms. The van der Waals surface area contributed by atoms with Gasteiger partial charge in [0.15, 0.2) is 0 Å². The van der Waals surface area contributed by atoms with Crippen LogP contribution in [0, 0.1) is 18.3 Å². The second-order valence-electron chi connectivity index (χ2n) is 3.63. The lowest BCUT2D eigenvalue weighted by Crippen LogP contribution is -2.13. The van der Waals surface area contributed by atoms with Crippen molar-refractivity contribution in [2.75, 3.05) is 0 Å². The fourth-order valence-electron chi connectivity index (χ4n) is 1.36. The van der Waals surface area contributed by atoms with Gasteiger partial charge < -0.3 is 4.74 Å². The van der Waals surface area contributed by atoms with Gasteiger partial charge >= 0.3 is 0 Å². The maximum absolute atomic E-state index is 8.88. The Morgan fingerprint density at radius 3 is 2.87 bits per heavy atom. The molecule has 0 amide bonds. The summed E-state index contributed by atoms with van der Waals surface area (Å²) in [6.45, 7) is 5.99. The van der Waals surface area contributed by atoms with Gasteiger partial charge in [0.25, 0.3) is 0 Å². The number of aryl methyl sites for hydroxylation is 1. The highest BCUT2D eigenvalue weighted by Crippen LogP contribution is 2.17. The summed E-state index contributed by atoms with van der Waals surface area (Å²) < 4.78 is 5.62. The first-order chi connectivity index (χ1) is 7.17. The van der Waals surface area contributed by atoms with E-state index in [1.807, 2.05) is 19.9 Å². The molecule has 1 aromatic rings. The Bertz CT molecular complexity index is 368. The molecule has 0 aromatic carbocycles. The summed E-state index contributed by atoms with van der Waals surface area (Å²) in [6, 6.07) is 5.64. The Labute approximate surface area is 90.7 Å². The number of hydrogen-bond donors (Lipinski definition) is 0. The SMILES string of the molecule is CCCC(C)Oc1nc(C)ccc1C#N. The highest BCUT2D eigenvalue weighted by atomic mass is 16.5. The fraction of sp³-hybridized carbons (Fsp3) is 0.500. The molecule has 0 bridgehead atoms. The number of nitriles is 1. The van der Waals surface area contributed by atoms with Crippen molar-refractivity contribution in [3.8, 4) is 11.9 Å². The fourth-order valence-corrected chi connectivity index (χ4v) is 1.36. The molecule has 1 aromatic heterocycles. The van der Waals surface area contributed by atoms with Crippen LogP contribution in [0.5, 0.6) is 5.88 Å². The minimum absolute atomic E-state index is 0.108. The van der Waals surface area contributed by atoms with E-state index in [0.29, 0.717) is 11.4 Å². The van der Waals surface area contributed by atoms with Gasteiger partial charge in [-0.25, -0.2) is 4.98 Å². The van der Waals surface area contributed by atoms with Crippen molar-refractivity contribution in [2.24, 2.45) is 0 Å². The molecular formula is C12H16N2O.